The topological polar surface area (TPSA) is 61.0 Å². The van der Waals surface area contributed by atoms with Crippen LogP contribution in [0.1, 0.15) is 13.3 Å². The Balaban J connectivity index is 4.63. The first-order valence-corrected chi connectivity index (χ1v) is 6.43. The number of ether oxygens (including phenoxy) is 1. The highest BCUT2D eigenvalue weighted by atomic mass is 16.5. The summed E-state index contributed by atoms with van der Waals surface area (Å²) in [5.74, 6) is 0.730. The highest BCUT2D eigenvalue weighted by molar-refractivity contribution is 5.97. The van der Waals surface area contributed by atoms with Crippen molar-refractivity contribution >= 4 is 18.4 Å². The zero-order valence-electron chi connectivity index (χ0n) is 12.5. The van der Waals surface area contributed by atoms with Gasteiger partial charge in [-0.2, -0.15) is 0 Å². The smallest absolute Gasteiger partial charge is 0.130 e. The Morgan fingerprint density at radius 1 is 1.40 bits per heavy atom. The van der Waals surface area contributed by atoms with Gasteiger partial charge in [0.1, 0.15) is 12.2 Å². The van der Waals surface area contributed by atoms with Crippen LogP contribution in [0.2, 0.25) is 0 Å². The number of hydrogen-bond acceptors (Lipinski definition) is 3. The van der Waals surface area contributed by atoms with Crippen molar-refractivity contribution in [2.75, 3.05) is 20.8 Å². The molecule has 0 aromatic carbocycles. The lowest BCUT2D eigenvalue weighted by Gasteiger charge is -2.26. The minimum Gasteiger partial charge on any atom is -0.385 e. The standard InChI is InChI=1S/C15H24N4O/c1-5-17-11-8-6-7-9-15(18-13-16)19(3)14(2)10-12-20-4/h5-9,11,13-14,16H,1,10,12H2,2-4H3/b8-6+,9-7+,16-13?,17-11?,18-15?. The van der Waals surface area contributed by atoms with Crippen LogP contribution in [0.25, 0.3) is 0 Å². The number of amidine groups is 1. The van der Waals surface area contributed by atoms with Gasteiger partial charge in [-0.3, -0.25) is 10.4 Å². The number of aliphatic imine (C=N–C) groups is 2. The van der Waals surface area contributed by atoms with Crippen LogP contribution in [0.15, 0.2) is 47.1 Å². The van der Waals surface area contributed by atoms with Crippen LogP contribution < -0.4 is 0 Å². The predicted molar refractivity (Wildman–Crippen MR) is 86.9 cm³/mol. The number of methoxy groups -OCH3 is 1. The van der Waals surface area contributed by atoms with Gasteiger partial charge in [0.2, 0.25) is 0 Å². The molecule has 0 fully saturated rings. The lowest BCUT2D eigenvalue weighted by Crippen LogP contribution is -2.34. The summed E-state index contributed by atoms with van der Waals surface area (Å²) < 4.78 is 5.08. The number of nitrogens with one attached hydrogen (secondary N) is 1. The lowest BCUT2D eigenvalue weighted by molar-refractivity contribution is 0.173. The van der Waals surface area contributed by atoms with Gasteiger partial charge in [-0.05, 0) is 25.5 Å². The van der Waals surface area contributed by atoms with Crippen molar-refractivity contribution in [2.45, 2.75) is 19.4 Å². The van der Waals surface area contributed by atoms with Crippen LogP contribution in [0.4, 0.5) is 0 Å². The summed E-state index contributed by atoms with van der Waals surface area (Å²) in [4.78, 5) is 9.93. The molecule has 0 radical (unpaired) electrons. The molecule has 0 saturated carbocycles. The molecule has 0 rings (SSSR count). The predicted octanol–water partition coefficient (Wildman–Crippen LogP) is 2.68. The third-order valence-corrected chi connectivity index (χ3v) is 2.70. The zero-order chi connectivity index (χ0) is 15.2. The second-order valence-electron chi connectivity index (χ2n) is 4.08. The van der Waals surface area contributed by atoms with E-state index in [0.717, 1.165) is 18.6 Å². The van der Waals surface area contributed by atoms with Crippen molar-refractivity contribution in [3.8, 4) is 0 Å². The average molecular weight is 276 g/mol. The summed E-state index contributed by atoms with van der Waals surface area (Å²) >= 11 is 0. The first-order valence-electron chi connectivity index (χ1n) is 6.43. The maximum atomic E-state index is 7.13. The molecule has 0 aromatic heterocycles. The van der Waals surface area contributed by atoms with Crippen LogP contribution in [0, 0.1) is 5.41 Å². The van der Waals surface area contributed by atoms with Gasteiger partial charge in [0.05, 0.1) is 0 Å². The highest BCUT2D eigenvalue weighted by Gasteiger charge is 2.10. The quantitative estimate of drug-likeness (QED) is 0.400. The van der Waals surface area contributed by atoms with E-state index in [1.807, 2.05) is 30.2 Å². The fraction of sp³-hybridized carbons (Fsp3) is 0.400. The second-order valence-corrected chi connectivity index (χ2v) is 4.08. The lowest BCUT2D eigenvalue weighted by atomic mass is 10.2. The van der Waals surface area contributed by atoms with E-state index in [1.54, 1.807) is 19.4 Å². The van der Waals surface area contributed by atoms with E-state index in [1.165, 1.54) is 6.20 Å². The molecular weight excluding hydrogens is 252 g/mol. The number of rotatable bonds is 9. The Hall–Kier alpha value is -2.01. The minimum atomic E-state index is 0.282. The Bertz CT molecular complexity index is 397. The Labute approximate surface area is 121 Å². The molecule has 0 aliphatic heterocycles. The highest BCUT2D eigenvalue weighted by Crippen LogP contribution is 2.04. The number of hydrogen-bond donors (Lipinski definition) is 1. The molecule has 0 saturated heterocycles. The van der Waals surface area contributed by atoms with Gasteiger partial charge in [-0.15, -0.1) is 0 Å². The van der Waals surface area contributed by atoms with Crippen molar-refractivity contribution in [3.63, 3.8) is 0 Å². The largest absolute Gasteiger partial charge is 0.385 e. The molecule has 20 heavy (non-hydrogen) atoms. The van der Waals surface area contributed by atoms with Crippen molar-refractivity contribution in [2.24, 2.45) is 9.98 Å². The van der Waals surface area contributed by atoms with E-state index < -0.39 is 0 Å². The monoisotopic (exact) mass is 276 g/mol. The molecule has 0 heterocycles. The fourth-order valence-electron chi connectivity index (χ4n) is 1.39. The van der Waals surface area contributed by atoms with Gasteiger partial charge in [0.15, 0.2) is 0 Å². The van der Waals surface area contributed by atoms with E-state index >= 15 is 0 Å². The molecule has 0 aromatic rings. The van der Waals surface area contributed by atoms with E-state index in [9.17, 15) is 0 Å². The third-order valence-electron chi connectivity index (χ3n) is 2.70. The van der Waals surface area contributed by atoms with Crippen molar-refractivity contribution in [1.29, 1.82) is 5.41 Å². The summed E-state index contributed by atoms with van der Waals surface area (Å²) in [5.41, 5.74) is 0. The Kier molecular flexibility index (Phi) is 10.8. The van der Waals surface area contributed by atoms with Crippen molar-refractivity contribution in [1.82, 2.24) is 4.90 Å². The molecule has 110 valence electrons. The first kappa shape index (κ1) is 18.0. The van der Waals surface area contributed by atoms with Gasteiger partial charge >= 0.3 is 0 Å². The number of allylic oxidation sites excluding steroid dienone is 3. The van der Waals surface area contributed by atoms with Gasteiger partial charge in [0.25, 0.3) is 0 Å². The number of nitrogens with zero attached hydrogens (tertiary/aromatic N) is 3. The first-order chi connectivity index (χ1) is 9.67. The van der Waals surface area contributed by atoms with E-state index in [4.69, 9.17) is 10.1 Å². The molecule has 5 nitrogen and oxygen atoms in total. The van der Waals surface area contributed by atoms with Crippen LogP contribution in [-0.2, 0) is 4.74 Å². The average Bonchev–Trinajstić information content (AvgIpc) is 2.46. The molecule has 0 spiro atoms. The maximum absolute atomic E-state index is 7.13. The number of likely N-dealkylation sites (N-methyl/N-ethyl adjacent to an activating group) is 1. The minimum absolute atomic E-state index is 0.282. The van der Waals surface area contributed by atoms with E-state index in [0.29, 0.717) is 6.61 Å². The van der Waals surface area contributed by atoms with Gasteiger partial charge in [-0.1, -0.05) is 18.7 Å². The summed E-state index contributed by atoms with van der Waals surface area (Å²) in [7, 11) is 3.64. The van der Waals surface area contributed by atoms with E-state index in [-0.39, 0.29) is 6.04 Å². The molecule has 5 heteroatoms. The fourth-order valence-corrected chi connectivity index (χ4v) is 1.39. The molecule has 0 aliphatic carbocycles. The van der Waals surface area contributed by atoms with Crippen molar-refractivity contribution < 1.29 is 4.74 Å². The maximum Gasteiger partial charge on any atom is 0.130 e. The summed E-state index contributed by atoms with van der Waals surface area (Å²) in [6.07, 6.45) is 12.4. The van der Waals surface area contributed by atoms with Gasteiger partial charge in [0, 0.05) is 39.2 Å². The normalized spacial score (nSPS) is 14.2. The zero-order valence-corrected chi connectivity index (χ0v) is 12.5. The Morgan fingerprint density at radius 3 is 2.75 bits per heavy atom. The summed E-state index contributed by atoms with van der Waals surface area (Å²) in [6.45, 7) is 6.28. The molecular formula is C15H24N4O. The molecule has 0 bridgehead atoms. The molecule has 0 aliphatic rings. The molecule has 1 atom stereocenters. The van der Waals surface area contributed by atoms with Crippen LogP contribution >= 0.6 is 0 Å². The molecule has 1 N–H and O–H groups in total. The van der Waals surface area contributed by atoms with E-state index in [2.05, 4.69) is 23.5 Å². The van der Waals surface area contributed by atoms with Crippen LogP contribution in [0.5, 0.6) is 0 Å². The van der Waals surface area contributed by atoms with Crippen LogP contribution in [0.3, 0.4) is 0 Å². The molecule has 0 amide bonds. The van der Waals surface area contributed by atoms with Gasteiger partial charge in [-0.25, -0.2) is 4.99 Å². The summed E-state index contributed by atoms with van der Waals surface area (Å²) in [5, 5.41) is 7.13. The van der Waals surface area contributed by atoms with Gasteiger partial charge < -0.3 is 9.64 Å². The Morgan fingerprint density at radius 2 is 2.15 bits per heavy atom. The SMILES string of the molecule is C=CN=C/C=C/C=C/C(=NC=N)N(C)C(C)CCOC. The third kappa shape index (κ3) is 8.16. The van der Waals surface area contributed by atoms with Crippen LogP contribution in [-0.4, -0.2) is 50.1 Å². The molecule has 1 unspecified atom stereocenters. The summed E-state index contributed by atoms with van der Waals surface area (Å²) in [6, 6.07) is 0.282. The van der Waals surface area contributed by atoms with Crippen molar-refractivity contribution in [3.05, 3.63) is 37.1 Å². The second kappa shape index (κ2) is 12.0.